The predicted molar refractivity (Wildman–Crippen MR) is 97.6 cm³/mol. The van der Waals surface area contributed by atoms with Crippen molar-refractivity contribution >= 4 is 0 Å². The van der Waals surface area contributed by atoms with Crippen LogP contribution in [0.3, 0.4) is 0 Å². The van der Waals surface area contributed by atoms with Crippen molar-refractivity contribution in [2.45, 2.75) is 40.2 Å². The van der Waals surface area contributed by atoms with Crippen molar-refractivity contribution in [2.24, 2.45) is 11.8 Å². The average molecular weight is 335 g/mol. The molecule has 4 nitrogen and oxygen atoms in total. The summed E-state index contributed by atoms with van der Waals surface area (Å²) in [5, 5.41) is 10.1. The van der Waals surface area contributed by atoms with Gasteiger partial charge in [0.25, 0.3) is 0 Å². The highest BCUT2D eigenvalue weighted by molar-refractivity contribution is 5.33. The van der Waals surface area contributed by atoms with Crippen LogP contribution in [0.25, 0.3) is 0 Å². The molecule has 1 N–H and O–H groups in total. The van der Waals surface area contributed by atoms with Crippen LogP contribution in [0.1, 0.15) is 31.4 Å². The van der Waals surface area contributed by atoms with Crippen LogP contribution in [-0.4, -0.2) is 55.6 Å². The normalized spacial score (nSPS) is 23.2. The lowest BCUT2D eigenvalue weighted by Gasteiger charge is -2.35. The predicted octanol–water partition coefficient (Wildman–Crippen LogP) is 3.04. The van der Waals surface area contributed by atoms with E-state index in [1.807, 2.05) is 12.1 Å². The number of ether oxygens (including phenoxy) is 2. The van der Waals surface area contributed by atoms with Crippen LogP contribution in [0.2, 0.25) is 0 Å². The molecule has 1 heterocycles. The van der Waals surface area contributed by atoms with Crippen molar-refractivity contribution in [3.05, 3.63) is 29.3 Å². The smallest absolute Gasteiger partial charge is 0.119 e. The van der Waals surface area contributed by atoms with Crippen molar-refractivity contribution in [1.82, 2.24) is 4.90 Å². The molecule has 1 aromatic carbocycles. The molecule has 4 heteroatoms. The van der Waals surface area contributed by atoms with E-state index < -0.39 is 6.10 Å². The number of aliphatic hydroxyl groups excluding tert-OH is 1. The maximum atomic E-state index is 10.1. The first-order valence-corrected chi connectivity index (χ1v) is 9.12. The molecular weight excluding hydrogens is 302 g/mol. The third-order valence-electron chi connectivity index (χ3n) is 4.70. The summed E-state index contributed by atoms with van der Waals surface area (Å²) >= 11 is 0. The quantitative estimate of drug-likeness (QED) is 0.742. The van der Waals surface area contributed by atoms with E-state index in [2.05, 4.69) is 38.7 Å². The number of aryl methyl sites for hydroxylation is 2. The van der Waals surface area contributed by atoms with Gasteiger partial charge in [0.05, 0.1) is 19.3 Å². The fourth-order valence-electron chi connectivity index (χ4n) is 3.53. The van der Waals surface area contributed by atoms with Gasteiger partial charge in [0.15, 0.2) is 0 Å². The molecule has 0 unspecified atom stereocenters. The second-order valence-electron chi connectivity index (χ2n) is 7.49. The Kier molecular flexibility index (Phi) is 7.53. The first-order valence-electron chi connectivity index (χ1n) is 9.12. The van der Waals surface area contributed by atoms with Crippen LogP contribution in [0, 0.1) is 25.7 Å². The number of benzene rings is 1. The van der Waals surface area contributed by atoms with E-state index in [1.54, 1.807) is 0 Å². The van der Waals surface area contributed by atoms with E-state index in [9.17, 15) is 5.11 Å². The summed E-state index contributed by atoms with van der Waals surface area (Å²) in [6.07, 6.45) is 0.864. The standard InChI is InChI=1S/C20H33NO3/c1-15-9-16(2)12-21(11-15)13-19(22)14-23-7-8-24-20-6-5-17(3)18(4)10-20/h5-6,10,15-16,19,22H,7-9,11-14H2,1-4H3/t15-,16-,19-/m0/s1. The maximum Gasteiger partial charge on any atom is 0.119 e. The Bertz CT molecular complexity index is 496. The molecule has 3 atom stereocenters. The van der Waals surface area contributed by atoms with Gasteiger partial charge >= 0.3 is 0 Å². The van der Waals surface area contributed by atoms with Crippen LogP contribution in [-0.2, 0) is 4.74 Å². The fourth-order valence-corrected chi connectivity index (χ4v) is 3.53. The molecule has 136 valence electrons. The van der Waals surface area contributed by atoms with Crippen molar-refractivity contribution in [1.29, 1.82) is 0 Å². The summed E-state index contributed by atoms with van der Waals surface area (Å²) in [5.74, 6) is 2.31. The van der Waals surface area contributed by atoms with E-state index in [1.165, 1.54) is 17.5 Å². The second-order valence-corrected chi connectivity index (χ2v) is 7.49. The molecule has 0 bridgehead atoms. The molecule has 0 aromatic heterocycles. The minimum atomic E-state index is -0.427. The van der Waals surface area contributed by atoms with Gasteiger partial charge in [-0.1, -0.05) is 19.9 Å². The third-order valence-corrected chi connectivity index (χ3v) is 4.70. The highest BCUT2D eigenvalue weighted by atomic mass is 16.5. The highest BCUT2D eigenvalue weighted by Crippen LogP contribution is 2.21. The fraction of sp³-hybridized carbons (Fsp3) is 0.700. The molecule has 0 saturated carbocycles. The summed E-state index contributed by atoms with van der Waals surface area (Å²) in [6.45, 7) is 13.0. The molecule has 0 spiro atoms. The Labute approximate surface area is 146 Å². The number of rotatable bonds is 8. The number of piperidine rings is 1. The lowest BCUT2D eigenvalue weighted by Crippen LogP contribution is -2.43. The second kappa shape index (κ2) is 9.40. The zero-order valence-electron chi connectivity index (χ0n) is 15.6. The van der Waals surface area contributed by atoms with Crippen molar-refractivity contribution in [3.8, 4) is 5.75 Å². The van der Waals surface area contributed by atoms with Gasteiger partial charge in [0.2, 0.25) is 0 Å². The van der Waals surface area contributed by atoms with Crippen molar-refractivity contribution < 1.29 is 14.6 Å². The van der Waals surface area contributed by atoms with Gasteiger partial charge in [-0.3, -0.25) is 0 Å². The van der Waals surface area contributed by atoms with Crippen LogP contribution in [0.5, 0.6) is 5.75 Å². The van der Waals surface area contributed by atoms with Crippen LogP contribution in [0.15, 0.2) is 18.2 Å². The maximum absolute atomic E-state index is 10.1. The number of aliphatic hydroxyl groups is 1. The van der Waals surface area contributed by atoms with Crippen LogP contribution in [0.4, 0.5) is 0 Å². The van der Waals surface area contributed by atoms with Crippen molar-refractivity contribution in [3.63, 3.8) is 0 Å². The average Bonchev–Trinajstić information content (AvgIpc) is 2.49. The first kappa shape index (κ1) is 19.2. The zero-order chi connectivity index (χ0) is 17.5. The molecule has 1 aliphatic heterocycles. The molecule has 1 aliphatic rings. The molecule has 24 heavy (non-hydrogen) atoms. The Balaban J connectivity index is 1.59. The summed E-state index contributed by atoms with van der Waals surface area (Å²) in [7, 11) is 0. The van der Waals surface area contributed by atoms with Crippen LogP contribution < -0.4 is 4.74 Å². The Morgan fingerprint density at radius 3 is 2.50 bits per heavy atom. The van der Waals surface area contributed by atoms with Gasteiger partial charge in [-0.05, 0) is 55.4 Å². The minimum Gasteiger partial charge on any atom is -0.491 e. The minimum absolute atomic E-state index is 0.371. The molecule has 0 aliphatic carbocycles. The number of likely N-dealkylation sites (tertiary alicyclic amines) is 1. The van der Waals surface area contributed by atoms with E-state index in [-0.39, 0.29) is 0 Å². The topological polar surface area (TPSA) is 41.9 Å². The molecule has 2 rings (SSSR count). The summed E-state index contributed by atoms with van der Waals surface area (Å²) in [5.41, 5.74) is 2.50. The first-order chi connectivity index (χ1) is 11.4. The van der Waals surface area contributed by atoms with E-state index >= 15 is 0 Å². The lowest BCUT2D eigenvalue weighted by atomic mass is 9.92. The lowest BCUT2D eigenvalue weighted by molar-refractivity contribution is -0.00211. The summed E-state index contributed by atoms with van der Waals surface area (Å²) in [4.78, 5) is 2.36. The van der Waals surface area contributed by atoms with Gasteiger partial charge in [0.1, 0.15) is 12.4 Å². The number of nitrogens with zero attached hydrogens (tertiary/aromatic N) is 1. The van der Waals surface area contributed by atoms with E-state index in [0.29, 0.717) is 38.2 Å². The molecule has 1 saturated heterocycles. The van der Waals surface area contributed by atoms with Gasteiger partial charge < -0.3 is 19.5 Å². The SMILES string of the molecule is Cc1ccc(OCCOC[C@@H](O)CN2C[C@@H](C)C[C@H](C)C2)cc1C. The van der Waals surface area contributed by atoms with E-state index in [0.717, 1.165) is 18.8 Å². The number of hydrogen-bond acceptors (Lipinski definition) is 4. The Morgan fingerprint density at radius 2 is 1.83 bits per heavy atom. The Morgan fingerprint density at radius 1 is 1.12 bits per heavy atom. The van der Waals surface area contributed by atoms with E-state index in [4.69, 9.17) is 9.47 Å². The largest absolute Gasteiger partial charge is 0.491 e. The molecule has 0 amide bonds. The van der Waals surface area contributed by atoms with Crippen LogP contribution >= 0.6 is 0 Å². The van der Waals surface area contributed by atoms with Gasteiger partial charge in [-0.25, -0.2) is 0 Å². The summed E-state index contributed by atoms with van der Waals surface area (Å²) in [6, 6.07) is 6.09. The molecular formula is C20H33NO3. The molecule has 1 fully saturated rings. The molecule has 1 aromatic rings. The Hall–Kier alpha value is -1.10. The van der Waals surface area contributed by atoms with Gasteiger partial charge in [0, 0.05) is 19.6 Å². The third kappa shape index (κ3) is 6.42. The molecule has 0 radical (unpaired) electrons. The number of β-amino-alcohol motifs (C(OH)–C–C–N with tert-alkyl or cyclic N) is 1. The van der Waals surface area contributed by atoms with Gasteiger partial charge in [-0.15, -0.1) is 0 Å². The zero-order valence-corrected chi connectivity index (χ0v) is 15.6. The highest BCUT2D eigenvalue weighted by Gasteiger charge is 2.23. The number of hydrogen-bond donors (Lipinski definition) is 1. The monoisotopic (exact) mass is 335 g/mol. The summed E-state index contributed by atoms with van der Waals surface area (Å²) < 4.78 is 11.2. The van der Waals surface area contributed by atoms with Crippen molar-refractivity contribution in [2.75, 3.05) is 39.5 Å². The van der Waals surface area contributed by atoms with Gasteiger partial charge in [-0.2, -0.15) is 0 Å².